The molecule has 5 nitrogen and oxygen atoms in total. The van der Waals surface area contributed by atoms with E-state index in [1.165, 1.54) is 5.56 Å². The molecule has 0 atom stereocenters. The van der Waals surface area contributed by atoms with Crippen LogP contribution in [0.3, 0.4) is 0 Å². The van der Waals surface area contributed by atoms with Crippen LogP contribution in [0.4, 0.5) is 4.79 Å². The third kappa shape index (κ3) is 5.17. The number of hydrogen-bond donors (Lipinski definition) is 1. The largest absolute Gasteiger partial charge is 0.445 e. The molecule has 0 spiro atoms. The zero-order valence-electron chi connectivity index (χ0n) is 16.7. The lowest BCUT2D eigenvalue weighted by Crippen LogP contribution is -2.46. The third-order valence-electron chi connectivity index (χ3n) is 5.14. The van der Waals surface area contributed by atoms with Gasteiger partial charge in [0.1, 0.15) is 11.8 Å². The standard InChI is InChI=1S/C24H24ClN3O2/c25-23-8-4-7-22(27-23)21-16-19(15-18-5-2-1-3-6-18)9-10-20(21)17-30-24(29)28-13-11-26-12-14-28/h1-10,16,26H,11-15,17H2. The number of nitrogens with zero attached hydrogens (tertiary/aromatic N) is 2. The van der Waals surface area contributed by atoms with E-state index in [1.54, 1.807) is 11.0 Å². The maximum absolute atomic E-state index is 12.4. The van der Waals surface area contributed by atoms with Gasteiger partial charge in [-0.25, -0.2) is 9.78 Å². The molecule has 1 aliphatic rings. The minimum Gasteiger partial charge on any atom is -0.445 e. The van der Waals surface area contributed by atoms with E-state index in [9.17, 15) is 4.79 Å². The van der Waals surface area contributed by atoms with Gasteiger partial charge in [-0.3, -0.25) is 0 Å². The smallest absolute Gasteiger partial charge is 0.410 e. The van der Waals surface area contributed by atoms with E-state index >= 15 is 0 Å². The Morgan fingerprint density at radius 1 is 1.00 bits per heavy atom. The van der Waals surface area contributed by atoms with Crippen molar-refractivity contribution < 1.29 is 9.53 Å². The van der Waals surface area contributed by atoms with Gasteiger partial charge in [-0.05, 0) is 41.3 Å². The van der Waals surface area contributed by atoms with Gasteiger partial charge >= 0.3 is 6.09 Å². The topological polar surface area (TPSA) is 54.5 Å². The first-order chi connectivity index (χ1) is 14.7. The van der Waals surface area contributed by atoms with Crippen molar-refractivity contribution >= 4 is 17.7 Å². The minimum absolute atomic E-state index is 0.192. The predicted molar refractivity (Wildman–Crippen MR) is 119 cm³/mol. The average molecular weight is 422 g/mol. The van der Waals surface area contributed by atoms with Crippen LogP contribution >= 0.6 is 11.6 Å². The summed E-state index contributed by atoms with van der Waals surface area (Å²) in [6.45, 7) is 3.11. The molecular formula is C24H24ClN3O2. The highest BCUT2D eigenvalue weighted by Gasteiger charge is 2.18. The average Bonchev–Trinajstić information content (AvgIpc) is 2.79. The summed E-state index contributed by atoms with van der Waals surface area (Å²) in [7, 11) is 0. The van der Waals surface area contributed by atoms with Crippen molar-refractivity contribution in [1.29, 1.82) is 0 Å². The van der Waals surface area contributed by atoms with E-state index in [2.05, 4.69) is 34.6 Å². The summed E-state index contributed by atoms with van der Waals surface area (Å²) in [4.78, 5) is 18.6. The highest BCUT2D eigenvalue weighted by molar-refractivity contribution is 6.29. The summed E-state index contributed by atoms with van der Waals surface area (Å²) < 4.78 is 5.62. The van der Waals surface area contributed by atoms with E-state index in [4.69, 9.17) is 16.3 Å². The Morgan fingerprint density at radius 3 is 2.57 bits per heavy atom. The van der Waals surface area contributed by atoms with Crippen LogP contribution in [0.1, 0.15) is 16.7 Å². The Bertz CT molecular complexity index is 1000. The lowest BCUT2D eigenvalue weighted by Gasteiger charge is -2.26. The number of hydrogen-bond acceptors (Lipinski definition) is 4. The molecular weight excluding hydrogens is 398 g/mol. The van der Waals surface area contributed by atoms with Gasteiger partial charge in [0.05, 0.1) is 5.69 Å². The molecule has 1 aromatic heterocycles. The van der Waals surface area contributed by atoms with Gasteiger partial charge < -0.3 is 15.0 Å². The van der Waals surface area contributed by atoms with Crippen molar-refractivity contribution in [2.45, 2.75) is 13.0 Å². The molecule has 0 aliphatic carbocycles. The molecule has 30 heavy (non-hydrogen) atoms. The van der Waals surface area contributed by atoms with Gasteiger partial charge in [-0.15, -0.1) is 0 Å². The van der Waals surface area contributed by atoms with Crippen molar-refractivity contribution in [3.8, 4) is 11.3 Å². The van der Waals surface area contributed by atoms with Crippen LogP contribution in [0.15, 0.2) is 66.7 Å². The fourth-order valence-electron chi connectivity index (χ4n) is 3.57. The number of aromatic nitrogens is 1. The van der Waals surface area contributed by atoms with E-state index < -0.39 is 0 Å². The zero-order chi connectivity index (χ0) is 20.8. The second-order valence-electron chi connectivity index (χ2n) is 7.29. The first-order valence-corrected chi connectivity index (χ1v) is 10.5. The number of carbonyl (C=O) groups is 1. The first-order valence-electron chi connectivity index (χ1n) is 10.1. The van der Waals surface area contributed by atoms with Gasteiger partial charge in [0.15, 0.2) is 0 Å². The van der Waals surface area contributed by atoms with E-state index in [1.807, 2.05) is 36.4 Å². The molecule has 0 radical (unpaired) electrons. The number of ether oxygens (including phenoxy) is 1. The summed E-state index contributed by atoms with van der Waals surface area (Å²) in [5, 5.41) is 3.67. The Hall–Kier alpha value is -2.89. The van der Waals surface area contributed by atoms with Gasteiger partial charge in [0, 0.05) is 31.7 Å². The second-order valence-corrected chi connectivity index (χ2v) is 7.68. The number of rotatable bonds is 5. The predicted octanol–water partition coefficient (Wildman–Crippen LogP) is 4.53. The molecule has 1 aliphatic heterocycles. The lowest BCUT2D eigenvalue weighted by atomic mass is 9.97. The fourth-order valence-corrected chi connectivity index (χ4v) is 3.73. The highest BCUT2D eigenvalue weighted by Crippen LogP contribution is 2.27. The molecule has 1 amide bonds. The summed E-state index contributed by atoms with van der Waals surface area (Å²) >= 11 is 6.14. The fraction of sp³-hybridized carbons (Fsp3) is 0.250. The molecule has 0 unspecified atom stereocenters. The van der Waals surface area contributed by atoms with Crippen molar-refractivity contribution in [2.75, 3.05) is 26.2 Å². The number of benzene rings is 2. The molecule has 1 N–H and O–H groups in total. The molecule has 154 valence electrons. The monoisotopic (exact) mass is 421 g/mol. The Labute approximate surface area is 181 Å². The third-order valence-corrected chi connectivity index (χ3v) is 5.35. The van der Waals surface area contributed by atoms with E-state index in [0.29, 0.717) is 18.2 Å². The van der Waals surface area contributed by atoms with Gasteiger partial charge in [-0.2, -0.15) is 0 Å². The summed E-state index contributed by atoms with van der Waals surface area (Å²) in [5.74, 6) is 0. The van der Waals surface area contributed by atoms with E-state index in [0.717, 1.165) is 41.9 Å². The maximum Gasteiger partial charge on any atom is 0.410 e. The van der Waals surface area contributed by atoms with Crippen LogP contribution < -0.4 is 5.32 Å². The number of pyridine rings is 1. The number of halogens is 1. The number of carbonyl (C=O) groups excluding carboxylic acids is 1. The van der Waals surface area contributed by atoms with Crippen LogP contribution in [-0.4, -0.2) is 42.2 Å². The molecule has 4 rings (SSSR count). The molecule has 1 fully saturated rings. The molecule has 6 heteroatoms. The second kappa shape index (κ2) is 9.74. The lowest BCUT2D eigenvalue weighted by molar-refractivity contribution is 0.0920. The van der Waals surface area contributed by atoms with Crippen molar-refractivity contribution in [1.82, 2.24) is 15.2 Å². The maximum atomic E-state index is 12.4. The van der Waals surface area contributed by atoms with Crippen LogP contribution in [0.5, 0.6) is 0 Å². The minimum atomic E-state index is -0.283. The molecule has 2 aromatic carbocycles. The number of amides is 1. The molecule has 0 saturated carbocycles. The van der Waals surface area contributed by atoms with Gasteiger partial charge in [-0.1, -0.05) is 60.1 Å². The van der Waals surface area contributed by atoms with Crippen molar-refractivity contribution in [2.24, 2.45) is 0 Å². The van der Waals surface area contributed by atoms with Crippen LogP contribution in [0.2, 0.25) is 5.15 Å². The van der Waals surface area contributed by atoms with Gasteiger partial charge in [0.25, 0.3) is 0 Å². The molecule has 0 bridgehead atoms. The molecule has 2 heterocycles. The first kappa shape index (κ1) is 20.4. The van der Waals surface area contributed by atoms with Crippen LogP contribution in [0, 0.1) is 0 Å². The number of nitrogens with one attached hydrogen (secondary N) is 1. The summed E-state index contributed by atoms with van der Waals surface area (Å²) in [6.07, 6.45) is 0.532. The van der Waals surface area contributed by atoms with Crippen LogP contribution in [0.25, 0.3) is 11.3 Å². The SMILES string of the molecule is O=C(OCc1ccc(Cc2ccccc2)cc1-c1cccc(Cl)n1)N1CCNCC1. The highest BCUT2D eigenvalue weighted by atomic mass is 35.5. The molecule has 1 saturated heterocycles. The van der Waals surface area contributed by atoms with Gasteiger partial charge in [0.2, 0.25) is 0 Å². The number of piperazine rings is 1. The quantitative estimate of drug-likeness (QED) is 0.615. The van der Waals surface area contributed by atoms with Crippen molar-refractivity contribution in [3.63, 3.8) is 0 Å². The van der Waals surface area contributed by atoms with Crippen molar-refractivity contribution in [3.05, 3.63) is 88.6 Å². The Kier molecular flexibility index (Phi) is 6.62. The van der Waals surface area contributed by atoms with Crippen LogP contribution in [-0.2, 0) is 17.8 Å². The van der Waals surface area contributed by atoms with E-state index in [-0.39, 0.29) is 12.7 Å². The Morgan fingerprint density at radius 2 is 1.80 bits per heavy atom. The summed E-state index contributed by atoms with van der Waals surface area (Å²) in [5.41, 5.74) is 5.00. The normalized spacial score (nSPS) is 13.8. The zero-order valence-corrected chi connectivity index (χ0v) is 17.4. The summed E-state index contributed by atoms with van der Waals surface area (Å²) in [6, 6.07) is 22.1. The molecule has 3 aromatic rings. The Balaban J connectivity index is 1.57.